The number of aliphatic imine (C=N–C) groups is 1. The summed E-state index contributed by atoms with van der Waals surface area (Å²) in [4.78, 5) is 17.6. The molecule has 0 saturated carbocycles. The predicted molar refractivity (Wildman–Crippen MR) is 131 cm³/mol. The first-order chi connectivity index (χ1) is 18.7. The number of ether oxygens (including phenoxy) is 2. The Labute approximate surface area is 219 Å². The largest absolute Gasteiger partial charge is 0.573 e. The fraction of sp³-hybridized carbons (Fsp3) is 0.172. The number of halogens is 5. The van der Waals surface area contributed by atoms with Gasteiger partial charge in [-0.15, -0.1) is 13.2 Å². The first kappa shape index (κ1) is 26.1. The van der Waals surface area contributed by atoms with Crippen LogP contribution < -0.4 is 4.74 Å². The van der Waals surface area contributed by atoms with E-state index in [0.717, 1.165) is 12.1 Å². The molecule has 1 aromatic heterocycles. The van der Waals surface area contributed by atoms with Gasteiger partial charge < -0.3 is 13.9 Å². The minimum Gasteiger partial charge on any atom is -0.472 e. The van der Waals surface area contributed by atoms with Crippen LogP contribution in [0.25, 0.3) is 11.1 Å². The summed E-state index contributed by atoms with van der Waals surface area (Å²) < 4.78 is 80.7. The van der Waals surface area contributed by atoms with Crippen molar-refractivity contribution in [3.8, 4) is 16.9 Å². The van der Waals surface area contributed by atoms with Crippen LogP contribution in [0.4, 0.5) is 22.0 Å². The summed E-state index contributed by atoms with van der Waals surface area (Å²) in [6.07, 6.45) is -1.93. The Balaban J connectivity index is 1.41. The number of hydrogen-bond donors (Lipinski definition) is 0. The van der Waals surface area contributed by atoms with E-state index in [1.165, 1.54) is 42.9 Å². The van der Waals surface area contributed by atoms with Crippen molar-refractivity contribution in [2.75, 3.05) is 0 Å². The molecular weight excluding hydrogens is 521 g/mol. The zero-order chi connectivity index (χ0) is 27.6. The molecule has 0 bridgehead atoms. The highest BCUT2D eigenvalue weighted by atomic mass is 19.4. The van der Waals surface area contributed by atoms with Crippen LogP contribution in [0, 0.1) is 17.6 Å². The van der Waals surface area contributed by atoms with E-state index >= 15 is 0 Å². The number of esters is 1. The fourth-order valence-electron chi connectivity index (χ4n) is 4.45. The summed E-state index contributed by atoms with van der Waals surface area (Å²) in [6, 6.07) is 16.6. The van der Waals surface area contributed by atoms with E-state index in [1.54, 1.807) is 30.3 Å². The summed E-state index contributed by atoms with van der Waals surface area (Å²) in [6.45, 7) is -0.0328. The second-order valence-corrected chi connectivity index (χ2v) is 8.86. The summed E-state index contributed by atoms with van der Waals surface area (Å²) in [5, 5.41) is 0. The zero-order valence-electron chi connectivity index (χ0n) is 20.1. The van der Waals surface area contributed by atoms with Crippen LogP contribution in [0.5, 0.6) is 5.75 Å². The van der Waals surface area contributed by atoms with Crippen molar-refractivity contribution in [2.24, 2.45) is 10.9 Å². The molecule has 0 aliphatic carbocycles. The molecule has 200 valence electrons. The van der Waals surface area contributed by atoms with Gasteiger partial charge in [-0.2, -0.15) is 0 Å². The summed E-state index contributed by atoms with van der Waals surface area (Å²) >= 11 is 0. The zero-order valence-corrected chi connectivity index (χ0v) is 20.1. The molecule has 2 atom stereocenters. The van der Waals surface area contributed by atoms with Gasteiger partial charge in [0, 0.05) is 17.7 Å². The number of alkyl halides is 3. The second-order valence-electron chi connectivity index (χ2n) is 8.86. The highest BCUT2D eigenvalue weighted by Crippen LogP contribution is 2.39. The molecule has 2 heterocycles. The first-order valence-electron chi connectivity index (χ1n) is 11.8. The third kappa shape index (κ3) is 6.00. The molecule has 5 nitrogen and oxygen atoms in total. The molecule has 1 unspecified atom stereocenters. The van der Waals surface area contributed by atoms with Crippen molar-refractivity contribution in [1.82, 2.24) is 0 Å². The quantitative estimate of drug-likeness (QED) is 0.181. The highest BCUT2D eigenvalue weighted by molar-refractivity contribution is 6.04. The molecule has 0 amide bonds. The number of carbonyl (C=O) groups excluding carboxylic acids is 1. The Bertz CT molecular complexity index is 1460. The highest BCUT2D eigenvalue weighted by Gasteiger charge is 2.39. The van der Waals surface area contributed by atoms with Crippen molar-refractivity contribution in [1.29, 1.82) is 0 Å². The number of rotatable bonds is 7. The molecule has 1 aliphatic rings. The lowest BCUT2D eigenvalue weighted by Gasteiger charge is -2.17. The number of nitrogens with zero attached hydrogens (tertiary/aromatic N) is 1. The molecule has 0 spiro atoms. The molecule has 39 heavy (non-hydrogen) atoms. The SMILES string of the molecule is O=C(OCc1ccoc1)[C@H]1CC(c2c(F)cccc2F)=NC1c1ccc(-c2ccc(OC(F)(F)F)cc2)cc1. The van der Waals surface area contributed by atoms with E-state index in [-0.39, 0.29) is 30.1 Å². The Kier molecular flexibility index (Phi) is 7.19. The number of hydrogen-bond acceptors (Lipinski definition) is 5. The molecule has 4 aromatic rings. The van der Waals surface area contributed by atoms with E-state index in [2.05, 4.69) is 9.73 Å². The Morgan fingerprint density at radius 1 is 0.923 bits per heavy atom. The minimum atomic E-state index is -4.79. The molecule has 10 heteroatoms. The lowest BCUT2D eigenvalue weighted by molar-refractivity contribution is -0.274. The monoisotopic (exact) mass is 541 g/mol. The lowest BCUT2D eigenvalue weighted by Crippen LogP contribution is -2.22. The lowest BCUT2D eigenvalue weighted by atomic mass is 9.90. The van der Waals surface area contributed by atoms with Crippen LogP contribution in [0.1, 0.15) is 29.2 Å². The van der Waals surface area contributed by atoms with Crippen LogP contribution in [0.3, 0.4) is 0 Å². The number of benzene rings is 3. The fourth-order valence-corrected chi connectivity index (χ4v) is 4.45. The average molecular weight is 541 g/mol. The van der Waals surface area contributed by atoms with Crippen molar-refractivity contribution in [2.45, 2.75) is 25.4 Å². The molecule has 3 aromatic carbocycles. The molecular formula is C29H20F5NO4. The van der Waals surface area contributed by atoms with Gasteiger partial charge in [0.05, 0.1) is 30.0 Å². The van der Waals surface area contributed by atoms with Crippen molar-refractivity contribution in [3.63, 3.8) is 0 Å². The van der Waals surface area contributed by atoms with E-state index in [4.69, 9.17) is 9.15 Å². The Morgan fingerprint density at radius 3 is 2.15 bits per heavy atom. The van der Waals surface area contributed by atoms with Crippen LogP contribution in [0.2, 0.25) is 0 Å². The van der Waals surface area contributed by atoms with Crippen LogP contribution >= 0.6 is 0 Å². The third-order valence-electron chi connectivity index (χ3n) is 6.28. The predicted octanol–water partition coefficient (Wildman–Crippen LogP) is 7.42. The number of carbonyl (C=O) groups is 1. The van der Waals surface area contributed by atoms with Crippen LogP contribution in [0.15, 0.2) is 94.7 Å². The average Bonchev–Trinajstić information content (AvgIpc) is 3.58. The molecule has 0 saturated heterocycles. The van der Waals surface area contributed by atoms with Crippen LogP contribution in [-0.4, -0.2) is 18.0 Å². The standard InChI is InChI=1S/C29H20F5NO4/c30-23-2-1-3-24(31)26(23)25-14-22(28(36)38-16-17-12-13-37-15-17)27(35-25)20-6-4-18(5-7-20)19-8-10-21(11-9-19)39-29(32,33)34/h1-13,15,22,27H,14,16H2/t22-,27?/m0/s1. The molecule has 1 aliphatic heterocycles. The maximum absolute atomic E-state index is 14.5. The van der Waals surface area contributed by atoms with Crippen molar-refractivity contribution >= 4 is 11.7 Å². The summed E-state index contributed by atoms with van der Waals surface area (Å²) in [5.74, 6) is -3.33. The molecule has 5 rings (SSSR count). The maximum atomic E-state index is 14.5. The van der Waals surface area contributed by atoms with E-state index in [9.17, 15) is 26.7 Å². The normalized spacial score (nSPS) is 17.1. The third-order valence-corrected chi connectivity index (χ3v) is 6.28. The van der Waals surface area contributed by atoms with Gasteiger partial charge in [-0.25, -0.2) is 8.78 Å². The van der Waals surface area contributed by atoms with Gasteiger partial charge in [0.15, 0.2) is 0 Å². The minimum absolute atomic E-state index is 0.0326. The van der Waals surface area contributed by atoms with E-state index in [0.29, 0.717) is 22.3 Å². The van der Waals surface area contributed by atoms with Gasteiger partial charge in [-0.05, 0) is 47.0 Å². The van der Waals surface area contributed by atoms with Gasteiger partial charge in [0.2, 0.25) is 0 Å². The van der Waals surface area contributed by atoms with Gasteiger partial charge in [-0.1, -0.05) is 42.5 Å². The Morgan fingerprint density at radius 2 is 1.56 bits per heavy atom. The van der Waals surface area contributed by atoms with Crippen LogP contribution in [-0.2, 0) is 16.1 Å². The summed E-state index contributed by atoms with van der Waals surface area (Å²) in [7, 11) is 0. The number of furan rings is 1. The molecule has 0 N–H and O–H groups in total. The van der Waals surface area contributed by atoms with E-state index in [1.807, 2.05) is 0 Å². The van der Waals surface area contributed by atoms with Crippen molar-refractivity contribution in [3.05, 3.63) is 114 Å². The van der Waals surface area contributed by atoms with Gasteiger partial charge in [-0.3, -0.25) is 9.79 Å². The molecule has 0 fully saturated rings. The topological polar surface area (TPSA) is 61.0 Å². The van der Waals surface area contributed by atoms with Crippen molar-refractivity contribution < 1.29 is 40.6 Å². The van der Waals surface area contributed by atoms with Gasteiger partial charge in [0.1, 0.15) is 24.0 Å². The Hall–Kier alpha value is -4.47. The van der Waals surface area contributed by atoms with E-state index < -0.39 is 35.9 Å². The summed E-state index contributed by atoms with van der Waals surface area (Å²) in [5.41, 5.74) is 2.41. The maximum Gasteiger partial charge on any atom is 0.573 e. The van der Waals surface area contributed by atoms with Gasteiger partial charge in [0.25, 0.3) is 0 Å². The van der Waals surface area contributed by atoms with Gasteiger partial charge >= 0.3 is 12.3 Å². The molecule has 0 radical (unpaired) electrons. The smallest absolute Gasteiger partial charge is 0.472 e. The second kappa shape index (κ2) is 10.7. The first-order valence-corrected chi connectivity index (χ1v) is 11.8.